The van der Waals surface area contributed by atoms with Crippen molar-refractivity contribution in [3.05, 3.63) is 51.0 Å². The number of carbonyl (C=O) groups excluding carboxylic acids is 1. The molecular weight excluding hydrogens is 413 g/mol. The molecule has 0 fully saturated rings. The molecular formula is C20H26N5NaO3S. The summed E-state index contributed by atoms with van der Waals surface area (Å²) in [5, 5.41) is 4.00. The molecule has 30 heavy (non-hydrogen) atoms. The van der Waals surface area contributed by atoms with Crippen molar-refractivity contribution < 1.29 is 42.8 Å². The van der Waals surface area contributed by atoms with E-state index in [1.165, 1.54) is 33.1 Å². The van der Waals surface area contributed by atoms with Gasteiger partial charge in [-0.25, -0.2) is 8.42 Å². The summed E-state index contributed by atoms with van der Waals surface area (Å²) in [5.74, 6) is -0.634. The van der Waals surface area contributed by atoms with Crippen LogP contribution < -0.4 is 39.6 Å². The minimum atomic E-state index is -4.20. The zero-order chi connectivity index (χ0) is 20.6. The van der Waals surface area contributed by atoms with Crippen LogP contribution in [-0.4, -0.2) is 37.2 Å². The normalized spacial score (nSPS) is 14.7. The van der Waals surface area contributed by atoms with Gasteiger partial charge in [-0.15, -0.1) is 0 Å². The van der Waals surface area contributed by atoms with E-state index in [1.807, 2.05) is 0 Å². The molecule has 0 bridgehead atoms. The first kappa shape index (κ1) is 23.3. The van der Waals surface area contributed by atoms with Gasteiger partial charge in [-0.1, -0.05) is 6.07 Å². The van der Waals surface area contributed by atoms with Crippen molar-refractivity contribution in [1.82, 2.24) is 9.78 Å². The molecule has 0 aliphatic heterocycles. The molecule has 0 saturated carbocycles. The second-order valence-electron chi connectivity index (χ2n) is 7.71. The Morgan fingerprint density at radius 3 is 2.37 bits per heavy atom. The molecule has 0 unspecified atom stereocenters. The number of hydrogen-bond acceptors (Lipinski definition) is 5. The molecule has 2 aliphatic carbocycles. The quantitative estimate of drug-likeness (QED) is 0.531. The van der Waals surface area contributed by atoms with Crippen LogP contribution >= 0.6 is 0 Å². The third-order valence-corrected chi connectivity index (χ3v) is 7.12. The third kappa shape index (κ3) is 4.60. The maximum absolute atomic E-state index is 12.8. The fourth-order valence-electron chi connectivity index (χ4n) is 4.54. The van der Waals surface area contributed by atoms with Crippen molar-refractivity contribution in [3.8, 4) is 0 Å². The molecule has 0 spiro atoms. The Hall–Kier alpha value is -1.39. The number of benzene rings is 1. The number of anilines is 1. The summed E-state index contributed by atoms with van der Waals surface area (Å²) in [5.41, 5.74) is 12.0. The van der Waals surface area contributed by atoms with E-state index in [4.69, 9.17) is 5.73 Å². The van der Waals surface area contributed by atoms with E-state index >= 15 is 0 Å². The van der Waals surface area contributed by atoms with E-state index in [0.29, 0.717) is 5.69 Å². The molecule has 0 radical (unpaired) electrons. The number of fused-ring (bicyclic) bond motifs is 2. The molecule has 8 nitrogen and oxygen atoms in total. The van der Waals surface area contributed by atoms with Crippen molar-refractivity contribution in [2.75, 3.05) is 17.4 Å². The molecule has 10 heteroatoms. The Morgan fingerprint density at radius 1 is 1.20 bits per heavy atom. The number of amides is 1. The summed E-state index contributed by atoms with van der Waals surface area (Å²) in [4.78, 5) is 12.7. The number of aromatic nitrogens is 2. The van der Waals surface area contributed by atoms with Gasteiger partial charge >= 0.3 is 29.6 Å². The van der Waals surface area contributed by atoms with E-state index in [-0.39, 0.29) is 49.1 Å². The molecule has 1 amide bonds. The predicted octanol–water partition coefficient (Wildman–Crippen LogP) is -1.45. The van der Waals surface area contributed by atoms with Gasteiger partial charge in [0.05, 0.1) is 17.8 Å². The molecule has 1 aromatic heterocycles. The first-order valence-corrected chi connectivity index (χ1v) is 11.4. The summed E-state index contributed by atoms with van der Waals surface area (Å²) in [7, 11) is -2.51. The van der Waals surface area contributed by atoms with E-state index < -0.39 is 16.1 Å². The largest absolute Gasteiger partial charge is 1.00 e. The number of nitrogens with two attached hydrogens (primary N) is 1. The van der Waals surface area contributed by atoms with Crippen LogP contribution in [0.4, 0.5) is 5.69 Å². The van der Waals surface area contributed by atoms with Crippen LogP contribution in [0.15, 0.2) is 18.5 Å². The second kappa shape index (κ2) is 9.40. The molecule has 2 aliphatic rings. The molecule has 1 heterocycles. The van der Waals surface area contributed by atoms with E-state index in [9.17, 15) is 13.2 Å². The van der Waals surface area contributed by atoms with Crippen LogP contribution in [0.3, 0.4) is 0 Å². The van der Waals surface area contributed by atoms with Crippen LogP contribution in [0.5, 0.6) is 0 Å². The van der Waals surface area contributed by atoms with Crippen LogP contribution in [0.1, 0.15) is 40.7 Å². The topological polar surface area (TPSA) is 112 Å². The standard InChI is InChI=1S/C20H27N5O3S.Na/c1-24-13-16(12-22-24)25(9-8-21)29(27,28)23-20(26)11-19-17-6-2-4-14(17)10-15-5-3-7-18(15)19;/h10,12-13H,2-9,11,21H2,1H3,(H,23,26);/q;+1/p-1. The van der Waals surface area contributed by atoms with E-state index in [0.717, 1.165) is 48.4 Å². The summed E-state index contributed by atoms with van der Waals surface area (Å²) in [6, 6.07) is 2.29. The number of aryl methyl sites for hydroxylation is 3. The van der Waals surface area contributed by atoms with Gasteiger partial charge in [0.1, 0.15) is 0 Å². The van der Waals surface area contributed by atoms with Crippen molar-refractivity contribution in [2.45, 2.75) is 44.9 Å². The maximum atomic E-state index is 12.8. The van der Waals surface area contributed by atoms with Gasteiger partial charge in [-0.05, 0) is 66.3 Å². The molecule has 2 N–H and O–H groups in total. The number of carbonyl (C=O) groups is 1. The monoisotopic (exact) mass is 439 g/mol. The Bertz CT molecular complexity index is 1020. The Morgan fingerprint density at radius 2 is 1.83 bits per heavy atom. The van der Waals surface area contributed by atoms with Gasteiger partial charge in [-0.2, -0.15) is 5.10 Å². The minimum absolute atomic E-state index is 0. The van der Waals surface area contributed by atoms with Gasteiger partial charge in [0, 0.05) is 32.8 Å². The van der Waals surface area contributed by atoms with E-state index in [2.05, 4.69) is 15.9 Å². The van der Waals surface area contributed by atoms with Crippen LogP contribution in [-0.2, 0) is 54.2 Å². The van der Waals surface area contributed by atoms with Gasteiger partial charge < -0.3 is 15.3 Å². The molecule has 4 rings (SSSR count). The van der Waals surface area contributed by atoms with Gasteiger partial charge in [0.15, 0.2) is 10.2 Å². The Labute approximate surface area is 199 Å². The molecule has 2 aromatic rings. The summed E-state index contributed by atoms with van der Waals surface area (Å²) >= 11 is 0. The SMILES string of the molecule is Cn1cc(N(CCN)S(=O)(=O)[N-]C(=O)Cc2c3c(cc4c2CCC4)CCC3)cn1.[Na+]. The maximum Gasteiger partial charge on any atom is 1.00 e. The molecule has 1 aromatic carbocycles. The smallest absolute Gasteiger partial charge is 0.528 e. The fourth-order valence-corrected chi connectivity index (χ4v) is 5.66. The Balaban J connectivity index is 0.00000256. The fraction of sp³-hybridized carbons (Fsp3) is 0.500. The number of rotatable bonds is 7. The van der Waals surface area contributed by atoms with E-state index in [1.54, 1.807) is 13.2 Å². The predicted molar refractivity (Wildman–Crippen MR) is 111 cm³/mol. The molecule has 0 saturated heterocycles. The summed E-state index contributed by atoms with van der Waals surface area (Å²) in [6.45, 7) is 0.137. The van der Waals surface area contributed by atoms with Crippen LogP contribution in [0.2, 0.25) is 0 Å². The molecule has 0 atom stereocenters. The average molecular weight is 440 g/mol. The number of nitrogens with zero attached hydrogens (tertiary/aromatic N) is 4. The van der Waals surface area contributed by atoms with Crippen LogP contribution in [0, 0.1) is 0 Å². The average Bonchev–Trinajstić information content (AvgIpc) is 3.39. The summed E-state index contributed by atoms with van der Waals surface area (Å²) in [6.07, 6.45) is 9.15. The first-order chi connectivity index (χ1) is 13.9. The van der Waals surface area contributed by atoms with Crippen molar-refractivity contribution in [3.63, 3.8) is 0 Å². The van der Waals surface area contributed by atoms with Gasteiger partial charge in [-0.3, -0.25) is 8.99 Å². The zero-order valence-corrected chi connectivity index (χ0v) is 20.4. The van der Waals surface area contributed by atoms with Gasteiger partial charge in [0.2, 0.25) is 0 Å². The zero-order valence-electron chi connectivity index (χ0n) is 17.6. The van der Waals surface area contributed by atoms with Gasteiger partial charge in [0.25, 0.3) is 0 Å². The third-order valence-electron chi connectivity index (χ3n) is 5.73. The second-order valence-corrected chi connectivity index (χ2v) is 9.23. The minimum Gasteiger partial charge on any atom is -0.528 e. The number of hydrogen-bond donors (Lipinski definition) is 1. The van der Waals surface area contributed by atoms with Crippen molar-refractivity contribution in [2.24, 2.45) is 12.8 Å². The summed E-state index contributed by atoms with van der Waals surface area (Å²) < 4.78 is 31.8. The molecule has 156 valence electrons. The Kier molecular flexibility index (Phi) is 7.29. The van der Waals surface area contributed by atoms with Crippen molar-refractivity contribution in [1.29, 1.82) is 0 Å². The van der Waals surface area contributed by atoms with Crippen molar-refractivity contribution >= 4 is 21.8 Å². The van der Waals surface area contributed by atoms with Crippen LogP contribution in [0.25, 0.3) is 4.72 Å². The first-order valence-electron chi connectivity index (χ1n) is 10.0.